The topological polar surface area (TPSA) is 23.5 Å². The number of aliphatic hydroxyl groups is 1. The van der Waals surface area contributed by atoms with E-state index in [9.17, 15) is 5.11 Å². The van der Waals surface area contributed by atoms with Gasteiger partial charge >= 0.3 is 0 Å². The van der Waals surface area contributed by atoms with Gasteiger partial charge in [0.25, 0.3) is 0 Å². The molecule has 2 saturated carbocycles. The van der Waals surface area contributed by atoms with E-state index in [1.165, 1.54) is 105 Å². The maximum atomic E-state index is 11.7. The molecule has 2 aromatic carbocycles. The van der Waals surface area contributed by atoms with Crippen LogP contribution in [0.2, 0.25) is 0 Å². The van der Waals surface area contributed by atoms with Gasteiger partial charge in [0.15, 0.2) is 0 Å². The molecule has 0 radical (unpaired) electrons. The van der Waals surface area contributed by atoms with Gasteiger partial charge in [0.05, 0.1) is 6.10 Å². The van der Waals surface area contributed by atoms with Gasteiger partial charge in [-0.05, 0) is 78.3 Å². The Hall–Kier alpha value is -1.38. The molecule has 0 bridgehead atoms. The van der Waals surface area contributed by atoms with Crippen LogP contribution in [-0.2, 0) is 6.42 Å². The molecule has 168 valence electrons. The highest BCUT2D eigenvalue weighted by Gasteiger charge is 2.31. The van der Waals surface area contributed by atoms with Crippen LogP contribution in [0.25, 0.3) is 10.8 Å². The third-order valence-corrected chi connectivity index (χ3v) is 8.65. The number of hydrogen-bond acceptors (Lipinski definition) is 2. The Morgan fingerprint density at radius 2 is 1.45 bits per heavy atom. The average molecular weight is 420 g/mol. The van der Waals surface area contributed by atoms with E-state index < -0.39 is 6.10 Å². The van der Waals surface area contributed by atoms with Crippen LogP contribution in [0.3, 0.4) is 0 Å². The minimum Gasteiger partial charge on any atom is -0.387 e. The first-order valence-corrected chi connectivity index (χ1v) is 13.2. The van der Waals surface area contributed by atoms with Gasteiger partial charge in [0, 0.05) is 18.6 Å². The number of benzene rings is 2. The minimum absolute atomic E-state index is 0.395. The second-order valence-corrected chi connectivity index (χ2v) is 10.7. The maximum absolute atomic E-state index is 11.7. The molecule has 2 unspecified atom stereocenters. The van der Waals surface area contributed by atoms with Gasteiger partial charge in [-0.15, -0.1) is 0 Å². The van der Waals surface area contributed by atoms with Crippen LogP contribution in [0.5, 0.6) is 0 Å². The van der Waals surface area contributed by atoms with Crippen LogP contribution in [0.15, 0.2) is 30.3 Å². The summed E-state index contributed by atoms with van der Waals surface area (Å²) in [5.41, 5.74) is 4.22. The van der Waals surface area contributed by atoms with Crippen molar-refractivity contribution >= 4 is 10.8 Å². The predicted octanol–water partition coefficient (Wildman–Crippen LogP) is 7.28. The van der Waals surface area contributed by atoms with E-state index in [0.717, 1.165) is 6.54 Å². The number of hydrogen-bond donors (Lipinski definition) is 1. The molecule has 2 fully saturated rings. The lowest BCUT2D eigenvalue weighted by molar-refractivity contribution is 0.0291. The summed E-state index contributed by atoms with van der Waals surface area (Å²) in [6.07, 6.45) is 16.9. The van der Waals surface area contributed by atoms with Crippen molar-refractivity contribution in [3.05, 3.63) is 47.0 Å². The molecule has 2 heteroatoms. The summed E-state index contributed by atoms with van der Waals surface area (Å²) in [4.78, 5) is 2.76. The summed E-state index contributed by atoms with van der Waals surface area (Å²) in [5, 5.41) is 14.4. The summed E-state index contributed by atoms with van der Waals surface area (Å²) < 4.78 is 0. The largest absolute Gasteiger partial charge is 0.387 e. The molecule has 0 saturated heterocycles. The van der Waals surface area contributed by atoms with Crippen molar-refractivity contribution < 1.29 is 5.11 Å². The van der Waals surface area contributed by atoms with Gasteiger partial charge in [-0.2, -0.15) is 0 Å². The fraction of sp³-hybridized carbons (Fsp3) is 0.655. The van der Waals surface area contributed by atoms with Crippen molar-refractivity contribution in [1.82, 2.24) is 4.90 Å². The zero-order valence-electron chi connectivity index (χ0n) is 19.5. The zero-order valence-corrected chi connectivity index (χ0v) is 19.5. The van der Waals surface area contributed by atoms with Crippen LogP contribution < -0.4 is 0 Å². The lowest BCUT2D eigenvalue weighted by Gasteiger charge is -2.43. The van der Waals surface area contributed by atoms with E-state index in [1.807, 2.05) is 0 Å². The summed E-state index contributed by atoms with van der Waals surface area (Å²) in [6.45, 7) is 3.19. The predicted molar refractivity (Wildman–Crippen MR) is 131 cm³/mol. The standard InChI is InChI=1S/C29H41NO/c1-21-11-10-18-25-24-16-8-9-17-26(24)28(19-27(21)25)29(31)20-30(22-12-4-2-5-13-22)23-14-6-3-7-15-23/h8-9,16-17,19,21-23,29,31H,2-7,10-15,18,20H2,1H3. The van der Waals surface area contributed by atoms with Crippen LogP contribution in [-0.4, -0.2) is 28.6 Å². The summed E-state index contributed by atoms with van der Waals surface area (Å²) in [6, 6.07) is 12.6. The first kappa shape index (κ1) is 21.5. The number of aryl methyl sites for hydroxylation is 1. The second-order valence-electron chi connectivity index (χ2n) is 10.7. The lowest BCUT2D eigenvalue weighted by Crippen LogP contribution is -2.47. The lowest BCUT2D eigenvalue weighted by atomic mass is 9.79. The molecule has 0 aliphatic heterocycles. The fourth-order valence-corrected chi connectivity index (χ4v) is 6.94. The summed E-state index contributed by atoms with van der Waals surface area (Å²) >= 11 is 0. The van der Waals surface area contributed by atoms with Crippen molar-refractivity contribution in [3.63, 3.8) is 0 Å². The molecule has 0 amide bonds. The van der Waals surface area contributed by atoms with Crippen molar-refractivity contribution in [2.45, 2.75) is 114 Å². The smallest absolute Gasteiger partial charge is 0.0923 e. The Bertz CT molecular complexity index is 860. The molecule has 1 N–H and O–H groups in total. The SMILES string of the molecule is CC1CCCc2c1cc(C(O)CN(C1CCCCC1)C1CCCCC1)c1ccccc21. The number of rotatable bonds is 5. The first-order valence-electron chi connectivity index (χ1n) is 13.2. The van der Waals surface area contributed by atoms with E-state index in [4.69, 9.17) is 0 Å². The quantitative estimate of drug-likeness (QED) is 0.550. The van der Waals surface area contributed by atoms with E-state index in [-0.39, 0.29) is 0 Å². The van der Waals surface area contributed by atoms with Crippen LogP contribution in [0.4, 0.5) is 0 Å². The van der Waals surface area contributed by atoms with Crippen LogP contribution in [0, 0.1) is 0 Å². The normalized spacial score (nSPS) is 24.4. The monoisotopic (exact) mass is 419 g/mol. The molecular weight excluding hydrogens is 378 g/mol. The summed E-state index contributed by atoms with van der Waals surface area (Å²) in [5.74, 6) is 0.604. The molecule has 31 heavy (non-hydrogen) atoms. The maximum Gasteiger partial charge on any atom is 0.0923 e. The Kier molecular flexibility index (Phi) is 6.67. The Balaban J connectivity index is 1.48. The average Bonchev–Trinajstić information content (AvgIpc) is 2.83. The number of aliphatic hydroxyl groups excluding tert-OH is 1. The molecule has 2 atom stereocenters. The molecule has 2 aromatic rings. The third-order valence-electron chi connectivity index (χ3n) is 8.65. The van der Waals surface area contributed by atoms with E-state index in [2.05, 4.69) is 42.2 Å². The van der Waals surface area contributed by atoms with Gasteiger partial charge in [-0.3, -0.25) is 4.90 Å². The zero-order chi connectivity index (χ0) is 21.2. The highest BCUT2D eigenvalue weighted by atomic mass is 16.3. The molecule has 0 heterocycles. The van der Waals surface area contributed by atoms with Gasteiger partial charge in [-0.1, -0.05) is 75.8 Å². The minimum atomic E-state index is -0.395. The van der Waals surface area contributed by atoms with Gasteiger partial charge in [0.2, 0.25) is 0 Å². The van der Waals surface area contributed by atoms with Gasteiger partial charge in [0.1, 0.15) is 0 Å². The molecule has 0 spiro atoms. The van der Waals surface area contributed by atoms with Crippen LogP contribution in [0.1, 0.15) is 113 Å². The molecular formula is C29H41NO. The Morgan fingerprint density at radius 1 is 0.839 bits per heavy atom. The van der Waals surface area contributed by atoms with E-state index in [1.54, 1.807) is 5.56 Å². The van der Waals surface area contributed by atoms with Crippen LogP contribution >= 0.6 is 0 Å². The molecule has 3 aliphatic carbocycles. The van der Waals surface area contributed by atoms with E-state index >= 15 is 0 Å². The molecule has 0 aromatic heterocycles. The van der Waals surface area contributed by atoms with E-state index in [0.29, 0.717) is 18.0 Å². The Morgan fingerprint density at radius 3 is 2.10 bits per heavy atom. The van der Waals surface area contributed by atoms with Gasteiger partial charge in [-0.25, -0.2) is 0 Å². The van der Waals surface area contributed by atoms with Crippen molar-refractivity contribution in [1.29, 1.82) is 0 Å². The summed E-state index contributed by atoms with van der Waals surface area (Å²) in [7, 11) is 0. The van der Waals surface area contributed by atoms with Crippen molar-refractivity contribution in [2.75, 3.05) is 6.54 Å². The third kappa shape index (κ3) is 4.44. The molecule has 3 aliphatic rings. The van der Waals surface area contributed by atoms with Crippen molar-refractivity contribution in [2.24, 2.45) is 0 Å². The van der Waals surface area contributed by atoms with Gasteiger partial charge < -0.3 is 5.11 Å². The highest BCUT2D eigenvalue weighted by Crippen LogP contribution is 2.40. The fourth-order valence-electron chi connectivity index (χ4n) is 6.94. The second kappa shape index (κ2) is 9.63. The molecule has 2 nitrogen and oxygen atoms in total. The number of fused-ring (bicyclic) bond motifs is 3. The Labute approximate surface area is 189 Å². The molecule has 5 rings (SSSR count). The number of nitrogens with zero attached hydrogens (tertiary/aromatic N) is 1. The first-order chi connectivity index (χ1) is 15.2. The van der Waals surface area contributed by atoms with Crippen molar-refractivity contribution in [3.8, 4) is 0 Å². The highest BCUT2D eigenvalue weighted by molar-refractivity contribution is 5.90.